The van der Waals surface area contributed by atoms with Crippen LogP contribution in [0.5, 0.6) is 0 Å². The van der Waals surface area contributed by atoms with Crippen LogP contribution in [0.2, 0.25) is 0 Å². The normalized spacial score (nSPS) is 11.2. The molecule has 0 radical (unpaired) electrons. The van der Waals surface area contributed by atoms with Gasteiger partial charge < -0.3 is 5.73 Å². The molecule has 3 N–H and O–H groups in total. The average molecular weight is 269 g/mol. The van der Waals surface area contributed by atoms with Crippen LogP contribution in [0.25, 0.3) is 0 Å². The fourth-order valence-electron chi connectivity index (χ4n) is 1.10. The number of hydrogen-bond acceptors (Lipinski definition) is 6. The minimum absolute atomic E-state index is 0.00627. The Morgan fingerprint density at radius 2 is 1.78 bits per heavy atom. The Hall–Kier alpha value is -2.29. The number of rotatable bonds is 3. The molecule has 0 bridgehead atoms. The van der Waals surface area contributed by atoms with Crippen LogP contribution in [0.15, 0.2) is 35.6 Å². The summed E-state index contributed by atoms with van der Waals surface area (Å²) in [4.78, 5) is 10.5. The van der Waals surface area contributed by atoms with Gasteiger partial charge in [0.05, 0.1) is 18.6 Å². The molecule has 2 heterocycles. The molecular formula is C9H8FN5O2S. The summed E-state index contributed by atoms with van der Waals surface area (Å²) in [6, 6.07) is 2.29. The Kier molecular flexibility index (Phi) is 3.06. The van der Waals surface area contributed by atoms with Crippen LogP contribution in [0.4, 0.5) is 16.2 Å². The molecule has 0 atom stereocenters. The number of nitrogens with zero attached hydrogens (tertiary/aromatic N) is 3. The molecule has 2 aromatic heterocycles. The number of nitrogen functional groups attached to an aromatic ring is 1. The Balaban J connectivity index is 2.27. The molecule has 0 aliphatic carbocycles. The van der Waals surface area contributed by atoms with E-state index in [0.717, 1.165) is 24.7 Å². The fraction of sp³-hybridized carbons (Fsp3) is 0. The number of nitrogens with two attached hydrogens (primary N) is 1. The van der Waals surface area contributed by atoms with Gasteiger partial charge in [-0.15, -0.1) is 0 Å². The van der Waals surface area contributed by atoms with Crippen molar-refractivity contribution in [3.05, 3.63) is 36.5 Å². The van der Waals surface area contributed by atoms with E-state index in [1.165, 1.54) is 6.07 Å². The van der Waals surface area contributed by atoms with E-state index in [1.54, 1.807) is 0 Å². The number of halogens is 1. The third-order valence-electron chi connectivity index (χ3n) is 1.92. The highest BCUT2D eigenvalue weighted by Crippen LogP contribution is 2.12. The molecule has 0 spiro atoms. The average Bonchev–Trinajstić information content (AvgIpc) is 2.32. The highest BCUT2D eigenvalue weighted by Gasteiger charge is 2.15. The van der Waals surface area contributed by atoms with E-state index in [-0.39, 0.29) is 16.7 Å². The van der Waals surface area contributed by atoms with Crippen LogP contribution in [-0.2, 0) is 10.0 Å². The van der Waals surface area contributed by atoms with Crippen molar-refractivity contribution in [3.63, 3.8) is 0 Å². The topological polar surface area (TPSA) is 111 Å². The molecule has 18 heavy (non-hydrogen) atoms. The van der Waals surface area contributed by atoms with E-state index in [4.69, 9.17) is 5.73 Å². The molecule has 94 valence electrons. The molecule has 0 amide bonds. The van der Waals surface area contributed by atoms with Crippen LogP contribution >= 0.6 is 0 Å². The first-order valence-corrected chi connectivity index (χ1v) is 6.17. The number of sulfonamides is 1. The second-order valence-electron chi connectivity index (χ2n) is 3.24. The Morgan fingerprint density at radius 1 is 1.11 bits per heavy atom. The van der Waals surface area contributed by atoms with Gasteiger partial charge in [-0.05, 0) is 12.1 Å². The quantitative estimate of drug-likeness (QED) is 0.834. The lowest BCUT2D eigenvalue weighted by atomic mass is 10.5. The summed E-state index contributed by atoms with van der Waals surface area (Å²) in [6.45, 7) is 0. The zero-order valence-electron chi connectivity index (χ0n) is 8.91. The minimum Gasteiger partial charge on any atom is -0.368 e. The van der Waals surface area contributed by atoms with E-state index in [9.17, 15) is 12.8 Å². The standard InChI is InChI=1S/C9H8FN5O2S/c10-6-1-2-8(12-3-6)15-18(16,17)7-4-13-9(11)14-5-7/h1-5H,(H,12,15)(H2,11,13,14). The third kappa shape index (κ3) is 2.69. The van der Waals surface area contributed by atoms with Crippen molar-refractivity contribution in [1.29, 1.82) is 0 Å². The molecule has 2 rings (SSSR count). The third-order valence-corrected chi connectivity index (χ3v) is 3.23. The number of anilines is 2. The van der Waals surface area contributed by atoms with Crippen LogP contribution in [0, 0.1) is 5.82 Å². The van der Waals surface area contributed by atoms with Crippen molar-refractivity contribution in [2.75, 3.05) is 10.5 Å². The monoisotopic (exact) mass is 269 g/mol. The summed E-state index contributed by atoms with van der Waals surface area (Å²) in [7, 11) is -3.86. The first-order chi connectivity index (χ1) is 8.47. The summed E-state index contributed by atoms with van der Waals surface area (Å²) in [5.41, 5.74) is 5.25. The van der Waals surface area contributed by atoms with E-state index in [1.807, 2.05) is 0 Å². The largest absolute Gasteiger partial charge is 0.368 e. The molecular weight excluding hydrogens is 261 g/mol. The Labute approximate surface area is 102 Å². The second-order valence-corrected chi connectivity index (χ2v) is 4.93. The number of hydrogen-bond donors (Lipinski definition) is 2. The maximum Gasteiger partial charge on any atom is 0.266 e. The lowest BCUT2D eigenvalue weighted by molar-refractivity contribution is 0.599. The molecule has 7 nitrogen and oxygen atoms in total. The molecule has 0 saturated heterocycles. The van der Waals surface area contributed by atoms with Crippen LogP contribution in [0.3, 0.4) is 0 Å². The van der Waals surface area contributed by atoms with Gasteiger partial charge >= 0.3 is 0 Å². The lowest BCUT2D eigenvalue weighted by Crippen LogP contribution is -2.14. The summed E-state index contributed by atoms with van der Waals surface area (Å²) >= 11 is 0. The smallest absolute Gasteiger partial charge is 0.266 e. The van der Waals surface area contributed by atoms with E-state index < -0.39 is 15.8 Å². The maximum atomic E-state index is 12.6. The first-order valence-electron chi connectivity index (χ1n) is 4.69. The van der Waals surface area contributed by atoms with Crippen LogP contribution in [-0.4, -0.2) is 23.4 Å². The van der Waals surface area contributed by atoms with Crippen LogP contribution < -0.4 is 10.5 Å². The second kappa shape index (κ2) is 4.53. The van der Waals surface area contributed by atoms with Crippen molar-refractivity contribution in [2.45, 2.75) is 4.90 Å². The van der Waals surface area contributed by atoms with Crippen molar-refractivity contribution in [2.24, 2.45) is 0 Å². The highest BCUT2D eigenvalue weighted by molar-refractivity contribution is 7.92. The van der Waals surface area contributed by atoms with Crippen molar-refractivity contribution in [1.82, 2.24) is 15.0 Å². The van der Waals surface area contributed by atoms with Gasteiger partial charge in [0.1, 0.15) is 16.5 Å². The van der Waals surface area contributed by atoms with E-state index in [0.29, 0.717) is 0 Å². The molecule has 0 aromatic carbocycles. The maximum absolute atomic E-state index is 12.6. The van der Waals surface area contributed by atoms with Crippen molar-refractivity contribution >= 4 is 21.8 Å². The van der Waals surface area contributed by atoms with Gasteiger partial charge in [0.15, 0.2) is 0 Å². The van der Waals surface area contributed by atoms with Gasteiger partial charge in [-0.25, -0.2) is 27.8 Å². The van der Waals surface area contributed by atoms with Gasteiger partial charge in [0, 0.05) is 0 Å². The molecule has 0 saturated carbocycles. The summed E-state index contributed by atoms with van der Waals surface area (Å²) < 4.78 is 38.4. The summed E-state index contributed by atoms with van der Waals surface area (Å²) in [5.74, 6) is -0.601. The van der Waals surface area contributed by atoms with Crippen molar-refractivity contribution in [3.8, 4) is 0 Å². The van der Waals surface area contributed by atoms with Crippen LogP contribution in [0.1, 0.15) is 0 Å². The van der Waals surface area contributed by atoms with E-state index in [2.05, 4.69) is 19.7 Å². The molecule has 2 aromatic rings. The predicted molar refractivity (Wildman–Crippen MR) is 61.4 cm³/mol. The zero-order valence-corrected chi connectivity index (χ0v) is 9.72. The molecule has 0 unspecified atom stereocenters. The lowest BCUT2D eigenvalue weighted by Gasteiger charge is -2.06. The van der Waals surface area contributed by atoms with Gasteiger partial charge in [0.2, 0.25) is 5.95 Å². The number of aromatic nitrogens is 3. The van der Waals surface area contributed by atoms with Gasteiger partial charge in [-0.3, -0.25) is 4.72 Å². The van der Waals surface area contributed by atoms with Crippen molar-refractivity contribution < 1.29 is 12.8 Å². The Bertz CT molecular complexity index is 642. The first kappa shape index (κ1) is 12.2. The SMILES string of the molecule is Nc1ncc(S(=O)(=O)Nc2ccc(F)cn2)cn1. The van der Waals surface area contributed by atoms with Gasteiger partial charge in [-0.1, -0.05) is 0 Å². The molecule has 9 heteroatoms. The van der Waals surface area contributed by atoms with Gasteiger partial charge in [-0.2, -0.15) is 0 Å². The zero-order chi connectivity index (χ0) is 13.2. The fourth-order valence-corrected chi connectivity index (χ4v) is 1.99. The predicted octanol–water partition coefficient (Wildman–Crippen LogP) is 0.394. The Morgan fingerprint density at radius 3 is 2.33 bits per heavy atom. The highest BCUT2D eigenvalue weighted by atomic mass is 32.2. The summed E-state index contributed by atoms with van der Waals surface area (Å²) in [5, 5.41) is 0. The summed E-state index contributed by atoms with van der Waals surface area (Å²) in [6.07, 6.45) is 3.03. The number of nitrogens with one attached hydrogen (secondary N) is 1. The minimum atomic E-state index is -3.86. The van der Waals surface area contributed by atoms with Gasteiger partial charge in [0.25, 0.3) is 10.0 Å². The molecule has 0 aliphatic rings. The van der Waals surface area contributed by atoms with E-state index >= 15 is 0 Å². The molecule has 0 fully saturated rings. The molecule has 0 aliphatic heterocycles. The number of pyridine rings is 1.